The SMILES string of the molecule is C#Cc1c(F)ccc2cc(O)cc(-c3c(C(F)(F)F)cc4c(N5CC6CCC(C5)N6)nc(OCC5(CN6CC7CCC(C6)O7)CC5)nc4c3F)c12. The summed E-state index contributed by atoms with van der Waals surface area (Å²) in [5.74, 6) is -0.231. The molecule has 3 aromatic carbocycles. The van der Waals surface area contributed by atoms with Crippen LogP contribution in [0.2, 0.25) is 0 Å². The number of anilines is 1. The second kappa shape index (κ2) is 11.9. The van der Waals surface area contributed by atoms with Crippen molar-refractivity contribution in [2.75, 3.05) is 44.2 Å². The van der Waals surface area contributed by atoms with E-state index in [0.717, 1.165) is 76.4 Å². The third-order valence-corrected chi connectivity index (χ3v) is 11.3. The minimum atomic E-state index is -5.06. The van der Waals surface area contributed by atoms with Gasteiger partial charge in [0.2, 0.25) is 0 Å². The molecule has 4 saturated heterocycles. The number of likely N-dealkylation sites (tertiary alicyclic amines) is 1. The molecule has 1 aliphatic carbocycles. The number of alkyl halides is 3. The summed E-state index contributed by atoms with van der Waals surface area (Å²) in [5, 5.41) is 14.0. The average Bonchev–Trinajstić information content (AvgIpc) is 3.66. The predicted molar refractivity (Wildman–Crippen MR) is 181 cm³/mol. The van der Waals surface area contributed by atoms with Gasteiger partial charge in [-0.2, -0.15) is 23.1 Å². The predicted octanol–water partition coefficient (Wildman–Crippen LogP) is 6.40. The van der Waals surface area contributed by atoms with Gasteiger partial charge in [0.25, 0.3) is 0 Å². The fourth-order valence-corrected chi connectivity index (χ4v) is 8.76. The second-order valence-corrected chi connectivity index (χ2v) is 15.0. The first kappa shape index (κ1) is 32.6. The molecule has 13 heteroatoms. The third kappa shape index (κ3) is 5.81. The smallest absolute Gasteiger partial charge is 0.417 e. The number of rotatable bonds is 7. The summed E-state index contributed by atoms with van der Waals surface area (Å²) >= 11 is 0. The van der Waals surface area contributed by atoms with Gasteiger partial charge in [0.1, 0.15) is 22.9 Å². The maximum absolute atomic E-state index is 17.2. The van der Waals surface area contributed by atoms with Crippen LogP contribution in [0.15, 0.2) is 30.3 Å². The topological polar surface area (TPSA) is 83.0 Å². The van der Waals surface area contributed by atoms with E-state index in [1.807, 2.05) is 4.90 Å². The number of fused-ring (bicyclic) bond motifs is 6. The minimum absolute atomic E-state index is 0.110. The van der Waals surface area contributed by atoms with Crippen molar-refractivity contribution in [1.29, 1.82) is 0 Å². The van der Waals surface area contributed by atoms with Crippen LogP contribution in [0.3, 0.4) is 0 Å². The molecule has 9 rings (SSSR count). The van der Waals surface area contributed by atoms with Gasteiger partial charge in [0.05, 0.1) is 29.9 Å². The first-order valence-electron chi connectivity index (χ1n) is 17.5. The molecule has 266 valence electrons. The highest BCUT2D eigenvalue weighted by Crippen LogP contribution is 2.49. The summed E-state index contributed by atoms with van der Waals surface area (Å²) in [7, 11) is 0. The Morgan fingerprint density at radius 3 is 2.39 bits per heavy atom. The summed E-state index contributed by atoms with van der Waals surface area (Å²) < 4.78 is 89.6. The first-order chi connectivity index (χ1) is 24.5. The summed E-state index contributed by atoms with van der Waals surface area (Å²) in [6.07, 6.45) is 6.88. The van der Waals surface area contributed by atoms with Gasteiger partial charge in [-0.05, 0) is 73.7 Å². The number of morpholine rings is 1. The third-order valence-electron chi connectivity index (χ3n) is 11.3. The molecular weight excluding hydrogens is 669 g/mol. The van der Waals surface area contributed by atoms with Crippen LogP contribution in [-0.2, 0) is 10.9 Å². The molecule has 0 amide bonds. The lowest BCUT2D eigenvalue weighted by atomic mass is 9.89. The normalized spacial score (nSPS) is 25.5. The molecule has 2 N–H and O–H groups in total. The number of halogens is 5. The maximum Gasteiger partial charge on any atom is 0.417 e. The van der Waals surface area contributed by atoms with E-state index in [-0.39, 0.29) is 75.4 Å². The van der Waals surface area contributed by atoms with Gasteiger partial charge in [0, 0.05) is 66.6 Å². The van der Waals surface area contributed by atoms with E-state index in [1.165, 1.54) is 12.1 Å². The van der Waals surface area contributed by atoms with Crippen molar-refractivity contribution in [2.24, 2.45) is 5.41 Å². The Labute approximate surface area is 290 Å². The highest BCUT2D eigenvalue weighted by Gasteiger charge is 2.47. The fourth-order valence-electron chi connectivity index (χ4n) is 8.76. The van der Waals surface area contributed by atoms with Gasteiger partial charge < -0.3 is 24.8 Å². The molecule has 4 aliphatic heterocycles. The van der Waals surface area contributed by atoms with Gasteiger partial charge in [-0.1, -0.05) is 12.0 Å². The number of nitrogens with one attached hydrogen (secondary N) is 1. The van der Waals surface area contributed by atoms with Crippen LogP contribution in [0, 0.1) is 29.4 Å². The van der Waals surface area contributed by atoms with Crippen molar-refractivity contribution in [3.63, 3.8) is 0 Å². The zero-order valence-corrected chi connectivity index (χ0v) is 27.7. The Morgan fingerprint density at radius 2 is 1.73 bits per heavy atom. The average molecular weight is 706 g/mol. The number of aromatic hydroxyl groups is 1. The highest BCUT2D eigenvalue weighted by molar-refractivity contribution is 6.05. The van der Waals surface area contributed by atoms with Gasteiger partial charge >= 0.3 is 12.2 Å². The van der Waals surface area contributed by atoms with Crippen LogP contribution < -0.4 is 15.0 Å². The summed E-state index contributed by atoms with van der Waals surface area (Å²) in [4.78, 5) is 13.4. The molecule has 4 bridgehead atoms. The lowest BCUT2D eigenvalue weighted by molar-refractivity contribution is -0.137. The van der Waals surface area contributed by atoms with E-state index < -0.39 is 40.3 Å². The van der Waals surface area contributed by atoms with Crippen LogP contribution in [0.4, 0.5) is 27.8 Å². The van der Waals surface area contributed by atoms with Crippen molar-refractivity contribution in [2.45, 2.75) is 69.0 Å². The lowest BCUT2D eigenvalue weighted by Crippen LogP contribution is -2.51. The molecule has 4 aromatic rings. The number of ether oxygens (including phenoxy) is 2. The quantitative estimate of drug-likeness (QED) is 0.169. The maximum atomic E-state index is 17.2. The standard InChI is InChI=1S/C38H36F5N5O3/c1-2-26-30(39)8-3-20-11-23(49)12-27(31(20)26)32-29(38(41,42)43)13-28-34(33(32)40)45-36(46-35(28)48-14-21-4-5-22(15-48)44-21)50-19-37(9-10-37)18-47-16-24-6-7-25(17-47)51-24/h1,3,8,11-13,21-22,24-25,44,49H,4-7,9-10,14-19H2. The Bertz CT molecular complexity index is 2090. The van der Waals surface area contributed by atoms with E-state index in [9.17, 15) is 9.50 Å². The van der Waals surface area contributed by atoms with E-state index in [2.05, 4.69) is 26.1 Å². The summed E-state index contributed by atoms with van der Waals surface area (Å²) in [5.41, 5.74) is -3.46. The number of phenolic OH excluding ortho intramolecular Hbond substituents is 1. The van der Waals surface area contributed by atoms with Crippen LogP contribution in [0.25, 0.3) is 32.8 Å². The van der Waals surface area contributed by atoms with Crippen molar-refractivity contribution in [3.8, 4) is 35.2 Å². The number of aromatic nitrogens is 2. The zero-order valence-electron chi connectivity index (χ0n) is 27.7. The number of hydrogen-bond donors (Lipinski definition) is 2. The zero-order chi connectivity index (χ0) is 35.2. The summed E-state index contributed by atoms with van der Waals surface area (Å²) in [6.45, 7) is 3.76. The second-order valence-electron chi connectivity index (χ2n) is 15.0. The highest BCUT2D eigenvalue weighted by atomic mass is 19.4. The molecule has 5 heterocycles. The molecule has 5 fully saturated rings. The van der Waals surface area contributed by atoms with Crippen LogP contribution in [0.1, 0.15) is 49.7 Å². The Kier molecular flexibility index (Phi) is 7.62. The van der Waals surface area contributed by atoms with Gasteiger partial charge in [-0.3, -0.25) is 4.90 Å². The molecule has 0 spiro atoms. The van der Waals surface area contributed by atoms with Crippen LogP contribution in [0.5, 0.6) is 11.8 Å². The minimum Gasteiger partial charge on any atom is -0.508 e. The van der Waals surface area contributed by atoms with Gasteiger partial charge in [-0.25, -0.2) is 8.78 Å². The van der Waals surface area contributed by atoms with Crippen LogP contribution >= 0.6 is 0 Å². The lowest BCUT2D eigenvalue weighted by Gasteiger charge is -2.35. The first-order valence-corrected chi connectivity index (χ1v) is 17.5. The Balaban J connectivity index is 1.18. The Hall–Kier alpha value is -4.25. The number of hydrogen-bond acceptors (Lipinski definition) is 8. The van der Waals surface area contributed by atoms with Crippen molar-refractivity contribution >= 4 is 27.5 Å². The number of phenols is 1. The molecule has 5 aliphatic rings. The summed E-state index contributed by atoms with van der Waals surface area (Å²) in [6, 6.07) is 5.50. The number of terminal acetylenes is 1. The van der Waals surface area contributed by atoms with Crippen LogP contribution in [-0.4, -0.2) is 83.6 Å². The molecule has 4 atom stereocenters. The monoisotopic (exact) mass is 705 g/mol. The van der Waals surface area contributed by atoms with E-state index in [0.29, 0.717) is 13.1 Å². The van der Waals surface area contributed by atoms with Gasteiger partial charge in [0.15, 0.2) is 5.82 Å². The molecular formula is C38H36F5N5O3. The number of nitrogens with zero attached hydrogens (tertiary/aromatic N) is 4. The number of benzene rings is 3. The largest absolute Gasteiger partial charge is 0.508 e. The fraction of sp³-hybridized carbons (Fsp3) is 0.474. The van der Waals surface area contributed by atoms with E-state index >= 15 is 17.6 Å². The molecule has 51 heavy (non-hydrogen) atoms. The molecule has 1 aromatic heterocycles. The van der Waals surface area contributed by atoms with Crippen molar-refractivity contribution < 1.29 is 36.5 Å². The molecule has 0 radical (unpaired) electrons. The molecule has 8 nitrogen and oxygen atoms in total. The van der Waals surface area contributed by atoms with Crippen molar-refractivity contribution in [3.05, 3.63) is 53.1 Å². The molecule has 4 unspecified atom stereocenters. The Morgan fingerprint density at radius 1 is 1.00 bits per heavy atom. The van der Waals surface area contributed by atoms with Gasteiger partial charge in [-0.15, -0.1) is 6.42 Å². The van der Waals surface area contributed by atoms with E-state index in [4.69, 9.17) is 15.9 Å². The van der Waals surface area contributed by atoms with Crippen molar-refractivity contribution in [1.82, 2.24) is 20.2 Å². The number of piperazine rings is 1. The van der Waals surface area contributed by atoms with E-state index in [1.54, 1.807) is 0 Å². The molecule has 1 saturated carbocycles.